The number of aliphatic carboxylic acids is 1. The van der Waals surface area contributed by atoms with Crippen molar-refractivity contribution in [2.75, 3.05) is 19.6 Å². The van der Waals surface area contributed by atoms with E-state index in [1.165, 1.54) is 19.3 Å². The van der Waals surface area contributed by atoms with Crippen molar-refractivity contribution in [2.45, 2.75) is 63.3 Å². The molecule has 4 aliphatic rings. The lowest BCUT2D eigenvalue weighted by Gasteiger charge is -2.39. The summed E-state index contributed by atoms with van der Waals surface area (Å²) in [5, 5.41) is 9.50. The van der Waals surface area contributed by atoms with Crippen LogP contribution in [0.25, 0.3) is 0 Å². The van der Waals surface area contributed by atoms with E-state index in [0.717, 1.165) is 13.0 Å². The number of rotatable bonds is 5. The van der Waals surface area contributed by atoms with Gasteiger partial charge in [0, 0.05) is 25.2 Å². The van der Waals surface area contributed by atoms with Gasteiger partial charge in [-0.25, -0.2) is 0 Å². The first kappa shape index (κ1) is 17.0. The minimum absolute atomic E-state index is 0.0426. The van der Waals surface area contributed by atoms with Crippen LogP contribution in [0.3, 0.4) is 0 Å². The molecule has 0 aromatic rings. The van der Waals surface area contributed by atoms with E-state index >= 15 is 0 Å². The van der Waals surface area contributed by atoms with Gasteiger partial charge in [0.25, 0.3) is 0 Å². The van der Waals surface area contributed by atoms with Crippen LogP contribution in [0, 0.1) is 11.8 Å². The number of piperidine rings is 1. The van der Waals surface area contributed by atoms with Crippen LogP contribution in [0.2, 0.25) is 0 Å². The smallest absolute Gasteiger partial charge is 0.310 e. The molecule has 25 heavy (non-hydrogen) atoms. The van der Waals surface area contributed by atoms with Gasteiger partial charge in [0.15, 0.2) is 0 Å². The van der Waals surface area contributed by atoms with Gasteiger partial charge < -0.3 is 14.7 Å². The molecule has 0 aromatic heterocycles. The maximum atomic E-state index is 12.8. The van der Waals surface area contributed by atoms with Crippen LogP contribution >= 0.6 is 0 Å². The number of carboxylic acids is 1. The molecule has 1 N–H and O–H groups in total. The molecule has 0 aromatic carbocycles. The van der Waals surface area contributed by atoms with Crippen LogP contribution < -0.4 is 0 Å². The Balaban J connectivity index is 1.38. The summed E-state index contributed by atoms with van der Waals surface area (Å²) in [7, 11) is 0. The fourth-order valence-electron chi connectivity index (χ4n) is 5.41. The molecular formula is C19H28N2O4. The van der Waals surface area contributed by atoms with E-state index < -0.39 is 29.5 Å². The van der Waals surface area contributed by atoms with Gasteiger partial charge in [-0.05, 0) is 33.1 Å². The molecule has 4 rings (SSSR count). The molecule has 6 nitrogen and oxygen atoms in total. The fourth-order valence-corrected chi connectivity index (χ4v) is 5.41. The summed E-state index contributed by atoms with van der Waals surface area (Å²) in [5.41, 5.74) is -0.698. The van der Waals surface area contributed by atoms with Crippen LogP contribution in [0.5, 0.6) is 0 Å². The zero-order valence-corrected chi connectivity index (χ0v) is 15.1. The molecule has 0 aliphatic carbocycles. The predicted molar refractivity (Wildman–Crippen MR) is 92.0 cm³/mol. The summed E-state index contributed by atoms with van der Waals surface area (Å²) >= 11 is 0. The second kappa shape index (κ2) is 6.09. The van der Waals surface area contributed by atoms with Crippen LogP contribution in [0.4, 0.5) is 0 Å². The molecule has 1 amide bonds. The largest absolute Gasteiger partial charge is 0.481 e. The highest BCUT2D eigenvalue weighted by molar-refractivity contribution is 5.90. The number of carbonyl (C=O) groups excluding carboxylic acids is 1. The second-order valence-corrected chi connectivity index (χ2v) is 8.22. The quantitative estimate of drug-likeness (QED) is 0.763. The lowest BCUT2D eigenvalue weighted by molar-refractivity contribution is -0.148. The predicted octanol–water partition coefficient (Wildman–Crippen LogP) is 1.51. The number of amides is 1. The standard InChI is InChI=1S/C19H28N2O4/c1-12-5-3-6-13(2)21(12)10-4-9-20-11-19-8-7-14(25-19)15(18(23)24)16(19)17(20)22/h7-8,12-16H,3-6,9-11H2,1-2H3,(H,23,24). The van der Waals surface area contributed by atoms with Gasteiger partial charge >= 0.3 is 5.97 Å². The van der Waals surface area contributed by atoms with Crippen molar-refractivity contribution in [1.82, 2.24) is 9.80 Å². The third kappa shape index (κ3) is 2.61. The molecule has 4 heterocycles. The number of fused-ring (bicyclic) bond motifs is 1. The zero-order chi connectivity index (χ0) is 17.8. The fraction of sp³-hybridized carbons (Fsp3) is 0.789. The highest BCUT2D eigenvalue weighted by Gasteiger charge is 2.66. The number of nitrogens with zero attached hydrogens (tertiary/aromatic N) is 2. The number of carboxylic acid groups (broad SMARTS) is 1. The van der Waals surface area contributed by atoms with E-state index in [4.69, 9.17) is 4.74 Å². The van der Waals surface area contributed by atoms with Crippen molar-refractivity contribution >= 4 is 11.9 Å². The average Bonchev–Trinajstić information content (AvgIpc) is 3.19. The Kier molecular flexibility index (Phi) is 4.15. The number of hydrogen-bond donors (Lipinski definition) is 1. The summed E-state index contributed by atoms with van der Waals surface area (Å²) in [6.07, 6.45) is 8.03. The first-order valence-electron chi connectivity index (χ1n) is 9.57. The first-order valence-corrected chi connectivity index (χ1v) is 9.57. The highest BCUT2D eigenvalue weighted by Crippen LogP contribution is 2.51. The normalized spacial score (nSPS) is 43.0. The monoisotopic (exact) mass is 348 g/mol. The molecule has 3 saturated heterocycles. The van der Waals surface area contributed by atoms with Crippen molar-refractivity contribution in [2.24, 2.45) is 11.8 Å². The summed E-state index contributed by atoms with van der Waals surface area (Å²) in [6, 6.07) is 1.21. The Morgan fingerprint density at radius 2 is 2.04 bits per heavy atom. The summed E-state index contributed by atoms with van der Waals surface area (Å²) in [4.78, 5) is 28.8. The topological polar surface area (TPSA) is 70.1 Å². The van der Waals surface area contributed by atoms with Crippen LogP contribution in [-0.4, -0.2) is 70.2 Å². The van der Waals surface area contributed by atoms with E-state index in [0.29, 0.717) is 25.2 Å². The number of carbonyl (C=O) groups is 2. The van der Waals surface area contributed by atoms with Crippen LogP contribution in [-0.2, 0) is 14.3 Å². The molecule has 138 valence electrons. The molecular weight excluding hydrogens is 320 g/mol. The van der Waals surface area contributed by atoms with E-state index in [1.54, 1.807) is 0 Å². The van der Waals surface area contributed by atoms with Gasteiger partial charge in [0.05, 0.1) is 18.6 Å². The Bertz CT molecular complexity index is 596. The molecule has 3 fully saturated rings. The molecule has 6 heteroatoms. The summed E-state index contributed by atoms with van der Waals surface area (Å²) < 4.78 is 5.92. The van der Waals surface area contributed by atoms with Crippen molar-refractivity contribution in [3.63, 3.8) is 0 Å². The Morgan fingerprint density at radius 1 is 1.32 bits per heavy atom. The van der Waals surface area contributed by atoms with Crippen LogP contribution in [0.1, 0.15) is 39.5 Å². The molecule has 1 spiro atoms. The third-order valence-corrected chi connectivity index (χ3v) is 6.68. The molecule has 6 atom stereocenters. The second-order valence-electron chi connectivity index (χ2n) is 8.22. The van der Waals surface area contributed by atoms with Crippen molar-refractivity contribution in [1.29, 1.82) is 0 Å². The number of likely N-dealkylation sites (tertiary alicyclic amines) is 2. The van der Waals surface area contributed by atoms with Crippen molar-refractivity contribution in [3.8, 4) is 0 Å². The van der Waals surface area contributed by atoms with Gasteiger partial charge in [-0.1, -0.05) is 18.6 Å². The maximum Gasteiger partial charge on any atom is 0.310 e. The lowest BCUT2D eigenvalue weighted by Crippen LogP contribution is -2.45. The van der Waals surface area contributed by atoms with Crippen molar-refractivity contribution in [3.05, 3.63) is 12.2 Å². The maximum absolute atomic E-state index is 12.8. The average molecular weight is 348 g/mol. The highest BCUT2D eigenvalue weighted by atomic mass is 16.5. The van der Waals surface area contributed by atoms with E-state index in [1.807, 2.05) is 17.1 Å². The van der Waals surface area contributed by atoms with Gasteiger partial charge in [-0.15, -0.1) is 0 Å². The van der Waals surface area contributed by atoms with E-state index in [-0.39, 0.29) is 5.91 Å². The summed E-state index contributed by atoms with van der Waals surface area (Å²) in [5.74, 6) is -2.25. The summed E-state index contributed by atoms with van der Waals surface area (Å²) in [6.45, 7) is 6.74. The van der Waals surface area contributed by atoms with Gasteiger partial charge in [-0.2, -0.15) is 0 Å². The molecule has 0 saturated carbocycles. The molecule has 0 radical (unpaired) electrons. The van der Waals surface area contributed by atoms with Crippen molar-refractivity contribution < 1.29 is 19.4 Å². The molecule has 2 bridgehead atoms. The third-order valence-electron chi connectivity index (χ3n) is 6.68. The van der Waals surface area contributed by atoms with Gasteiger partial charge in [0.2, 0.25) is 5.91 Å². The molecule has 4 aliphatic heterocycles. The van der Waals surface area contributed by atoms with Gasteiger partial charge in [0.1, 0.15) is 11.5 Å². The SMILES string of the molecule is CC1CCCC(C)N1CCCN1CC23C=CC(O2)C(C(=O)O)C3C1=O. The minimum Gasteiger partial charge on any atom is -0.481 e. The Labute approximate surface area is 148 Å². The van der Waals surface area contributed by atoms with Gasteiger partial charge in [-0.3, -0.25) is 14.5 Å². The minimum atomic E-state index is -0.924. The first-order chi connectivity index (χ1) is 11.9. The van der Waals surface area contributed by atoms with E-state index in [9.17, 15) is 14.7 Å². The van der Waals surface area contributed by atoms with E-state index in [2.05, 4.69) is 18.7 Å². The zero-order valence-electron chi connectivity index (χ0n) is 15.1. The van der Waals surface area contributed by atoms with Crippen LogP contribution in [0.15, 0.2) is 12.2 Å². The molecule has 6 unspecified atom stereocenters. The Hall–Kier alpha value is -1.40. The Morgan fingerprint density at radius 3 is 2.72 bits per heavy atom. The number of ether oxygens (including phenoxy) is 1. The number of hydrogen-bond acceptors (Lipinski definition) is 4. The lowest BCUT2D eigenvalue weighted by atomic mass is 9.77.